The van der Waals surface area contributed by atoms with Gasteiger partial charge in [0, 0.05) is 12.0 Å². The van der Waals surface area contributed by atoms with E-state index in [2.05, 4.69) is 34.6 Å². The lowest BCUT2D eigenvalue weighted by molar-refractivity contribution is -0.215. The molecule has 5 nitrogen and oxygen atoms in total. The minimum absolute atomic E-state index is 0.0209. The lowest BCUT2D eigenvalue weighted by Gasteiger charge is -2.63. The van der Waals surface area contributed by atoms with Crippen LogP contribution in [0.1, 0.15) is 107 Å². The predicted molar refractivity (Wildman–Crippen MR) is 144 cm³/mol. The van der Waals surface area contributed by atoms with Gasteiger partial charge in [-0.05, 0) is 117 Å². The first-order valence-electron chi connectivity index (χ1n) is 15.5. The highest BCUT2D eigenvalue weighted by molar-refractivity contribution is 5.32. The quantitative estimate of drug-likeness (QED) is 0.468. The zero-order valence-electron chi connectivity index (χ0n) is 24.7. The van der Waals surface area contributed by atoms with Gasteiger partial charge < -0.3 is 24.8 Å². The Kier molecular flexibility index (Phi) is 5.81. The Morgan fingerprint density at radius 2 is 1.62 bits per heavy atom. The summed E-state index contributed by atoms with van der Waals surface area (Å²) in [6.07, 6.45) is 7.49. The highest BCUT2D eigenvalue weighted by atomic mass is 16.6. The van der Waals surface area contributed by atoms with E-state index in [1.807, 2.05) is 20.8 Å². The van der Waals surface area contributed by atoms with Crippen LogP contribution in [-0.2, 0) is 9.47 Å². The van der Waals surface area contributed by atoms with Crippen molar-refractivity contribution in [2.45, 2.75) is 143 Å². The molecule has 0 aromatic heterocycles. The van der Waals surface area contributed by atoms with E-state index < -0.39 is 17.8 Å². The third kappa shape index (κ3) is 3.10. The minimum atomic E-state index is -1.00. The second kappa shape index (κ2) is 7.96. The molecule has 5 aliphatic carbocycles. The second-order valence-corrected chi connectivity index (χ2v) is 16.1. The van der Waals surface area contributed by atoms with Crippen LogP contribution >= 0.6 is 0 Å². The molecule has 13 atom stereocenters. The van der Waals surface area contributed by atoms with Crippen molar-refractivity contribution < 1.29 is 24.8 Å². The highest BCUT2D eigenvalue weighted by Gasteiger charge is 2.84. The van der Waals surface area contributed by atoms with E-state index in [1.165, 1.54) is 19.3 Å². The van der Waals surface area contributed by atoms with Crippen LogP contribution in [-0.4, -0.2) is 58.0 Å². The molecule has 3 N–H and O–H groups in total. The van der Waals surface area contributed by atoms with Crippen molar-refractivity contribution in [3.8, 4) is 0 Å². The number of hydrogen-bond acceptors (Lipinski definition) is 5. The van der Waals surface area contributed by atoms with Crippen molar-refractivity contribution in [3.63, 3.8) is 0 Å². The molecule has 5 unspecified atom stereocenters. The van der Waals surface area contributed by atoms with E-state index >= 15 is 0 Å². The van der Waals surface area contributed by atoms with E-state index in [9.17, 15) is 15.3 Å². The Morgan fingerprint density at radius 3 is 2.27 bits per heavy atom. The summed E-state index contributed by atoms with van der Waals surface area (Å²) in [5.41, 5.74) is -0.501. The molecule has 1 saturated heterocycles. The van der Waals surface area contributed by atoms with Crippen LogP contribution in [0.2, 0.25) is 0 Å². The van der Waals surface area contributed by atoms with E-state index in [1.54, 1.807) is 0 Å². The van der Waals surface area contributed by atoms with Crippen molar-refractivity contribution in [3.05, 3.63) is 0 Å². The van der Waals surface area contributed by atoms with Crippen LogP contribution in [0.15, 0.2) is 0 Å². The maximum absolute atomic E-state index is 12.3. The summed E-state index contributed by atoms with van der Waals surface area (Å²) in [6.45, 7) is 18.0. The average molecular weight is 519 g/mol. The first kappa shape index (κ1) is 27.0. The van der Waals surface area contributed by atoms with Gasteiger partial charge in [-0.3, -0.25) is 0 Å². The number of ether oxygens (including phenoxy) is 2. The minimum Gasteiger partial charge on any atom is -0.393 e. The molecule has 0 amide bonds. The Bertz CT molecular complexity index is 927. The number of aliphatic hydroxyl groups excluding tert-OH is 2. The molecule has 5 saturated carbocycles. The maximum atomic E-state index is 12.3. The van der Waals surface area contributed by atoms with Crippen molar-refractivity contribution >= 4 is 0 Å². The Morgan fingerprint density at radius 1 is 0.973 bits per heavy atom. The first-order valence-corrected chi connectivity index (χ1v) is 15.5. The summed E-state index contributed by atoms with van der Waals surface area (Å²) in [5, 5.41) is 34.2. The average Bonchev–Trinajstić information content (AvgIpc) is 3.44. The van der Waals surface area contributed by atoms with E-state index in [0.29, 0.717) is 41.1 Å². The van der Waals surface area contributed by atoms with Gasteiger partial charge in [0.2, 0.25) is 0 Å². The molecule has 0 bridgehead atoms. The molecule has 2 spiro atoms. The molecule has 1 aliphatic heterocycles. The zero-order chi connectivity index (χ0) is 27.0. The molecule has 0 aromatic rings. The number of rotatable bonds is 4. The third-order valence-corrected chi connectivity index (χ3v) is 14.2. The Balaban J connectivity index is 1.35. The SMILES string of the molecule is CCO[C@@H](C1C[C@@H](C)[C@H]2C(O1)C(O)[C@@]1(C)C3CC[C@H]4C(C)(C)[C@@H](O)CC[C@@]45CC35CC[C@]21C)C(C)(C)O. The van der Waals surface area contributed by atoms with Gasteiger partial charge in [-0.25, -0.2) is 0 Å². The van der Waals surface area contributed by atoms with E-state index in [4.69, 9.17) is 9.47 Å². The summed E-state index contributed by atoms with van der Waals surface area (Å²) in [6, 6.07) is 0. The molecule has 0 aromatic carbocycles. The van der Waals surface area contributed by atoms with Crippen LogP contribution in [0.25, 0.3) is 0 Å². The molecule has 37 heavy (non-hydrogen) atoms. The highest BCUT2D eigenvalue weighted by Crippen LogP contribution is 2.89. The second-order valence-electron chi connectivity index (χ2n) is 16.1. The van der Waals surface area contributed by atoms with Crippen molar-refractivity contribution in [2.24, 2.45) is 50.7 Å². The molecule has 0 radical (unpaired) electrons. The molecule has 6 rings (SSSR count). The number of fused-ring (bicyclic) bond motifs is 4. The maximum Gasteiger partial charge on any atom is 0.112 e. The largest absolute Gasteiger partial charge is 0.393 e. The molecular weight excluding hydrogens is 464 g/mol. The topological polar surface area (TPSA) is 79.2 Å². The van der Waals surface area contributed by atoms with E-state index in [-0.39, 0.29) is 34.6 Å². The van der Waals surface area contributed by atoms with Crippen molar-refractivity contribution in [1.82, 2.24) is 0 Å². The smallest absolute Gasteiger partial charge is 0.112 e. The third-order valence-electron chi connectivity index (χ3n) is 14.2. The summed E-state index contributed by atoms with van der Waals surface area (Å²) >= 11 is 0. The van der Waals surface area contributed by atoms with Gasteiger partial charge in [-0.15, -0.1) is 0 Å². The lowest BCUT2D eigenvalue weighted by atomic mass is 9.41. The van der Waals surface area contributed by atoms with Crippen LogP contribution in [0, 0.1) is 50.7 Å². The Hall–Kier alpha value is -0.200. The molecule has 1 heterocycles. The normalized spacial score (nSPS) is 56.8. The molecular formula is C32H54O5. The van der Waals surface area contributed by atoms with Gasteiger partial charge in [0.25, 0.3) is 0 Å². The zero-order valence-corrected chi connectivity index (χ0v) is 24.7. The van der Waals surface area contributed by atoms with Gasteiger partial charge in [-0.1, -0.05) is 34.6 Å². The predicted octanol–water partition coefficient (Wildman–Crippen LogP) is 5.34. The molecule has 6 aliphatic rings. The van der Waals surface area contributed by atoms with Crippen LogP contribution in [0.3, 0.4) is 0 Å². The first-order chi connectivity index (χ1) is 17.1. The van der Waals surface area contributed by atoms with Gasteiger partial charge in [0.15, 0.2) is 0 Å². The van der Waals surface area contributed by atoms with Gasteiger partial charge in [0.05, 0.1) is 30.0 Å². The summed E-state index contributed by atoms with van der Waals surface area (Å²) in [5.74, 6) is 1.82. The molecule has 5 heteroatoms. The van der Waals surface area contributed by atoms with Crippen LogP contribution in [0.4, 0.5) is 0 Å². The standard InChI is InChI=1S/C32H54O5/c1-9-36-26(28(5,6)35)19-16-18(2)23-24(37-19)25(34)30(8)21-11-10-20-27(3,4)22(33)12-13-31(20)17-32(21,31)15-14-29(23,30)7/h18-26,33-35H,9-17H2,1-8H3/t18-,19?,20+,21?,22+,23+,24?,25?,26+,29-,30-,31-,32?/m1/s1. The summed E-state index contributed by atoms with van der Waals surface area (Å²) in [7, 11) is 0. The molecule has 6 fully saturated rings. The number of hydrogen-bond donors (Lipinski definition) is 3. The van der Waals surface area contributed by atoms with Gasteiger partial charge in [0.1, 0.15) is 6.10 Å². The van der Waals surface area contributed by atoms with Crippen molar-refractivity contribution in [1.29, 1.82) is 0 Å². The fraction of sp³-hybridized carbons (Fsp3) is 1.00. The fourth-order valence-electron chi connectivity index (χ4n) is 12.5. The lowest BCUT2D eigenvalue weighted by Crippen LogP contribution is -2.59. The Labute approximate surface area is 225 Å². The van der Waals surface area contributed by atoms with Gasteiger partial charge >= 0.3 is 0 Å². The number of aliphatic hydroxyl groups is 3. The fourth-order valence-corrected chi connectivity index (χ4v) is 12.5. The molecule has 212 valence electrons. The summed E-state index contributed by atoms with van der Waals surface area (Å²) < 4.78 is 12.9. The van der Waals surface area contributed by atoms with Crippen molar-refractivity contribution in [2.75, 3.05) is 6.61 Å². The van der Waals surface area contributed by atoms with Crippen LogP contribution < -0.4 is 0 Å². The van der Waals surface area contributed by atoms with E-state index in [0.717, 1.165) is 32.1 Å². The summed E-state index contributed by atoms with van der Waals surface area (Å²) in [4.78, 5) is 0. The van der Waals surface area contributed by atoms with Gasteiger partial charge in [-0.2, -0.15) is 0 Å². The monoisotopic (exact) mass is 518 g/mol. The van der Waals surface area contributed by atoms with Crippen LogP contribution in [0.5, 0.6) is 0 Å².